The number of pyridine rings is 1. The summed E-state index contributed by atoms with van der Waals surface area (Å²) in [7, 11) is 0. The molecule has 0 N–H and O–H groups in total. The number of carbonyl (C=O) groups excluding carboxylic acids is 1. The number of hydrogen-bond donors (Lipinski definition) is 0. The Kier molecular flexibility index (Phi) is 2.53. The fraction of sp³-hybridized carbons (Fsp3) is 0. The van der Waals surface area contributed by atoms with Gasteiger partial charge in [0.25, 0.3) is 0 Å². The highest BCUT2D eigenvalue weighted by Gasteiger charge is 2.12. The first-order valence-corrected chi connectivity index (χ1v) is 5.50. The number of fused-ring (bicyclic) bond motifs is 1. The van der Waals surface area contributed by atoms with E-state index in [1.54, 1.807) is 12.3 Å². The number of hydrogen-bond acceptors (Lipinski definition) is 4. The molecule has 86 valence electrons. The molecule has 0 bridgehead atoms. The van der Waals surface area contributed by atoms with Crippen molar-refractivity contribution in [3.63, 3.8) is 0 Å². The van der Waals surface area contributed by atoms with Gasteiger partial charge in [-0.1, -0.05) is 18.2 Å². The molecule has 4 nitrogen and oxygen atoms in total. The minimum absolute atomic E-state index is 0.0887. The van der Waals surface area contributed by atoms with Crippen molar-refractivity contribution in [3.8, 4) is 0 Å². The van der Waals surface area contributed by atoms with Crippen LogP contribution in [0, 0.1) is 0 Å². The smallest absolute Gasteiger partial charge is 0.196 e. The van der Waals surface area contributed by atoms with Crippen LogP contribution in [-0.4, -0.2) is 20.7 Å². The monoisotopic (exact) mass is 235 g/mol. The molecular weight excluding hydrogens is 226 g/mol. The van der Waals surface area contributed by atoms with E-state index in [9.17, 15) is 4.79 Å². The molecule has 0 saturated heterocycles. The molecule has 3 rings (SSSR count). The van der Waals surface area contributed by atoms with Crippen LogP contribution in [0.5, 0.6) is 0 Å². The van der Waals surface area contributed by atoms with E-state index in [4.69, 9.17) is 0 Å². The Balaban J connectivity index is 2.18. The summed E-state index contributed by atoms with van der Waals surface area (Å²) >= 11 is 0. The van der Waals surface area contributed by atoms with Crippen molar-refractivity contribution in [1.29, 1.82) is 0 Å². The van der Waals surface area contributed by atoms with Gasteiger partial charge in [-0.25, -0.2) is 9.97 Å². The van der Waals surface area contributed by atoms with Crippen molar-refractivity contribution in [1.82, 2.24) is 15.0 Å². The second-order valence-corrected chi connectivity index (χ2v) is 3.83. The average molecular weight is 235 g/mol. The Bertz CT molecular complexity index is 705. The van der Waals surface area contributed by atoms with Crippen LogP contribution in [0.1, 0.15) is 15.9 Å². The predicted octanol–water partition coefficient (Wildman–Crippen LogP) is 2.26. The summed E-state index contributed by atoms with van der Waals surface area (Å²) < 4.78 is 0. The molecule has 0 radical (unpaired) electrons. The second kappa shape index (κ2) is 4.33. The van der Waals surface area contributed by atoms with Crippen LogP contribution in [0.2, 0.25) is 0 Å². The van der Waals surface area contributed by atoms with Gasteiger partial charge in [0.2, 0.25) is 0 Å². The molecule has 18 heavy (non-hydrogen) atoms. The van der Waals surface area contributed by atoms with Crippen LogP contribution in [0.15, 0.2) is 55.2 Å². The molecule has 0 fully saturated rings. The quantitative estimate of drug-likeness (QED) is 0.639. The van der Waals surface area contributed by atoms with Crippen molar-refractivity contribution in [3.05, 3.63) is 66.4 Å². The van der Waals surface area contributed by atoms with Gasteiger partial charge in [0.15, 0.2) is 5.78 Å². The van der Waals surface area contributed by atoms with Gasteiger partial charge >= 0.3 is 0 Å². The highest BCUT2D eigenvalue weighted by molar-refractivity contribution is 6.15. The van der Waals surface area contributed by atoms with E-state index in [1.807, 2.05) is 24.3 Å². The lowest BCUT2D eigenvalue weighted by Gasteiger charge is -2.04. The summed E-state index contributed by atoms with van der Waals surface area (Å²) in [4.78, 5) is 24.3. The van der Waals surface area contributed by atoms with Crippen molar-refractivity contribution >= 4 is 16.7 Å². The molecule has 4 heteroatoms. The Morgan fingerprint density at radius 2 is 1.83 bits per heavy atom. The first-order chi connectivity index (χ1) is 8.86. The van der Waals surface area contributed by atoms with E-state index < -0.39 is 0 Å². The summed E-state index contributed by atoms with van der Waals surface area (Å²) in [5.74, 6) is -0.0887. The van der Waals surface area contributed by atoms with Crippen LogP contribution in [0.25, 0.3) is 10.9 Å². The van der Waals surface area contributed by atoms with E-state index in [0.717, 1.165) is 10.9 Å². The third kappa shape index (κ3) is 1.73. The number of ketones is 1. The zero-order valence-electron chi connectivity index (χ0n) is 9.45. The minimum Gasteiger partial charge on any atom is -0.288 e. The van der Waals surface area contributed by atoms with Gasteiger partial charge in [-0.3, -0.25) is 9.78 Å². The molecule has 2 aromatic heterocycles. The average Bonchev–Trinajstić information content (AvgIpc) is 2.47. The molecule has 0 unspecified atom stereocenters. The molecule has 0 aliphatic carbocycles. The highest BCUT2D eigenvalue weighted by atomic mass is 16.1. The summed E-state index contributed by atoms with van der Waals surface area (Å²) in [6.45, 7) is 0. The molecule has 0 aliphatic heterocycles. The van der Waals surface area contributed by atoms with E-state index in [1.165, 1.54) is 18.7 Å². The van der Waals surface area contributed by atoms with Gasteiger partial charge in [0.05, 0.1) is 11.1 Å². The van der Waals surface area contributed by atoms with Gasteiger partial charge in [-0.2, -0.15) is 0 Å². The van der Waals surface area contributed by atoms with E-state index in [-0.39, 0.29) is 5.78 Å². The summed E-state index contributed by atoms with van der Waals surface area (Å²) in [5, 5.41) is 0.842. The van der Waals surface area contributed by atoms with Gasteiger partial charge in [0.1, 0.15) is 6.33 Å². The number of rotatable bonds is 2. The van der Waals surface area contributed by atoms with Crippen LogP contribution < -0.4 is 0 Å². The minimum atomic E-state index is -0.0887. The third-order valence-corrected chi connectivity index (χ3v) is 2.71. The van der Waals surface area contributed by atoms with E-state index in [2.05, 4.69) is 15.0 Å². The fourth-order valence-corrected chi connectivity index (χ4v) is 1.87. The van der Waals surface area contributed by atoms with Gasteiger partial charge in [-0.05, 0) is 12.1 Å². The maximum absolute atomic E-state index is 12.4. The van der Waals surface area contributed by atoms with Crippen LogP contribution in [0.4, 0.5) is 0 Å². The van der Waals surface area contributed by atoms with Crippen molar-refractivity contribution in [2.45, 2.75) is 0 Å². The lowest BCUT2D eigenvalue weighted by molar-refractivity contribution is 0.103. The summed E-state index contributed by atoms with van der Waals surface area (Å²) in [6.07, 6.45) is 6.15. The Hall–Kier alpha value is -2.62. The Morgan fingerprint density at radius 3 is 2.67 bits per heavy atom. The van der Waals surface area contributed by atoms with Gasteiger partial charge < -0.3 is 0 Å². The predicted molar refractivity (Wildman–Crippen MR) is 67.2 cm³/mol. The topological polar surface area (TPSA) is 55.7 Å². The second-order valence-electron chi connectivity index (χ2n) is 3.83. The van der Waals surface area contributed by atoms with E-state index in [0.29, 0.717) is 11.1 Å². The van der Waals surface area contributed by atoms with Crippen molar-refractivity contribution in [2.24, 2.45) is 0 Å². The summed E-state index contributed by atoms with van der Waals surface area (Å²) in [6, 6.07) is 9.21. The van der Waals surface area contributed by atoms with Gasteiger partial charge in [-0.15, -0.1) is 0 Å². The van der Waals surface area contributed by atoms with E-state index >= 15 is 0 Å². The molecular formula is C14H9N3O. The molecule has 0 spiro atoms. The maximum Gasteiger partial charge on any atom is 0.196 e. The molecule has 0 atom stereocenters. The van der Waals surface area contributed by atoms with Crippen molar-refractivity contribution < 1.29 is 4.79 Å². The standard InChI is InChI=1S/C14H9N3O/c18-14(10-7-15-9-16-8-10)12-3-1-5-13-11(12)4-2-6-17-13/h1-9H. The first-order valence-electron chi connectivity index (χ1n) is 5.50. The lowest BCUT2D eigenvalue weighted by Crippen LogP contribution is -2.03. The SMILES string of the molecule is O=C(c1cncnc1)c1cccc2ncccc12. The molecule has 1 aromatic carbocycles. The lowest BCUT2D eigenvalue weighted by atomic mass is 10.0. The van der Waals surface area contributed by atoms with Crippen LogP contribution >= 0.6 is 0 Å². The van der Waals surface area contributed by atoms with Crippen LogP contribution in [0.3, 0.4) is 0 Å². The Labute approximate surface area is 103 Å². The molecule has 0 amide bonds. The first kappa shape index (κ1) is 10.5. The number of nitrogens with zero attached hydrogens (tertiary/aromatic N) is 3. The zero-order chi connectivity index (χ0) is 12.4. The van der Waals surface area contributed by atoms with Gasteiger partial charge in [0, 0.05) is 29.5 Å². The highest BCUT2D eigenvalue weighted by Crippen LogP contribution is 2.19. The molecule has 3 aromatic rings. The maximum atomic E-state index is 12.4. The fourth-order valence-electron chi connectivity index (χ4n) is 1.87. The summed E-state index contributed by atoms with van der Waals surface area (Å²) in [5.41, 5.74) is 1.91. The zero-order valence-corrected chi connectivity index (χ0v) is 9.45. The van der Waals surface area contributed by atoms with Crippen molar-refractivity contribution in [2.75, 3.05) is 0 Å². The normalized spacial score (nSPS) is 10.4. The Morgan fingerprint density at radius 1 is 1.00 bits per heavy atom. The molecule has 0 aliphatic rings. The third-order valence-electron chi connectivity index (χ3n) is 2.71. The van der Waals surface area contributed by atoms with Crippen LogP contribution in [-0.2, 0) is 0 Å². The number of aromatic nitrogens is 3. The molecule has 0 saturated carbocycles. The number of carbonyl (C=O) groups is 1. The molecule has 2 heterocycles. The number of benzene rings is 1. The largest absolute Gasteiger partial charge is 0.288 e.